The first kappa shape index (κ1) is 14.2. The molecule has 0 bridgehead atoms. The van der Waals surface area contributed by atoms with Crippen LogP contribution in [0, 0.1) is 5.92 Å². The summed E-state index contributed by atoms with van der Waals surface area (Å²) in [5.74, 6) is 0.254. The summed E-state index contributed by atoms with van der Waals surface area (Å²) in [5, 5.41) is 11.4. The lowest BCUT2D eigenvalue weighted by atomic mass is 10.0. The first-order chi connectivity index (χ1) is 9.76. The molecule has 6 nitrogen and oxygen atoms in total. The summed E-state index contributed by atoms with van der Waals surface area (Å²) >= 11 is 0. The second kappa shape index (κ2) is 6.79. The molecule has 0 aliphatic rings. The van der Waals surface area contributed by atoms with E-state index in [9.17, 15) is 4.79 Å². The van der Waals surface area contributed by atoms with Gasteiger partial charge in [-0.2, -0.15) is 4.68 Å². The number of carbonyl (C=O) groups is 1. The van der Waals surface area contributed by atoms with E-state index in [0.717, 1.165) is 18.5 Å². The Balaban J connectivity index is 2.05. The van der Waals surface area contributed by atoms with Gasteiger partial charge in [0.2, 0.25) is 0 Å². The zero-order valence-corrected chi connectivity index (χ0v) is 11.7. The van der Waals surface area contributed by atoms with Crippen LogP contribution in [-0.2, 0) is 16.1 Å². The molecule has 0 saturated carbocycles. The van der Waals surface area contributed by atoms with Crippen molar-refractivity contribution in [3.8, 4) is 5.69 Å². The highest BCUT2D eigenvalue weighted by atomic mass is 16.5. The van der Waals surface area contributed by atoms with Crippen molar-refractivity contribution in [3.05, 3.63) is 36.2 Å². The van der Waals surface area contributed by atoms with E-state index in [-0.39, 0.29) is 18.5 Å². The zero-order valence-electron chi connectivity index (χ0n) is 11.7. The largest absolute Gasteiger partial charge is 0.457 e. The smallest absolute Gasteiger partial charge is 0.309 e. The Morgan fingerprint density at radius 3 is 2.60 bits per heavy atom. The van der Waals surface area contributed by atoms with Gasteiger partial charge in [0.25, 0.3) is 0 Å². The second-order valence-electron chi connectivity index (χ2n) is 4.46. The van der Waals surface area contributed by atoms with Crippen molar-refractivity contribution in [1.82, 2.24) is 20.2 Å². The molecule has 0 radical (unpaired) electrons. The zero-order chi connectivity index (χ0) is 14.4. The molecule has 0 aliphatic heterocycles. The summed E-state index contributed by atoms with van der Waals surface area (Å²) < 4.78 is 6.86. The monoisotopic (exact) mass is 274 g/mol. The molecule has 0 fully saturated rings. The van der Waals surface area contributed by atoms with E-state index in [1.165, 1.54) is 0 Å². The lowest BCUT2D eigenvalue weighted by Crippen LogP contribution is -2.17. The van der Waals surface area contributed by atoms with Crippen LogP contribution in [0.15, 0.2) is 30.3 Å². The van der Waals surface area contributed by atoms with Crippen LogP contribution in [0.2, 0.25) is 0 Å². The Morgan fingerprint density at radius 1 is 1.25 bits per heavy atom. The number of hydrogen-bond donors (Lipinski definition) is 0. The molecule has 1 aromatic carbocycles. The van der Waals surface area contributed by atoms with Crippen LogP contribution in [0.5, 0.6) is 0 Å². The maximum absolute atomic E-state index is 11.8. The third kappa shape index (κ3) is 3.20. The van der Waals surface area contributed by atoms with Gasteiger partial charge in [-0.3, -0.25) is 4.79 Å². The van der Waals surface area contributed by atoms with Crippen LogP contribution in [0.1, 0.15) is 32.5 Å². The second-order valence-corrected chi connectivity index (χ2v) is 4.46. The van der Waals surface area contributed by atoms with E-state index in [0.29, 0.717) is 5.82 Å². The number of rotatable bonds is 6. The molecule has 1 heterocycles. The summed E-state index contributed by atoms with van der Waals surface area (Å²) in [5.41, 5.74) is 0.839. The Kier molecular flexibility index (Phi) is 4.81. The number of benzene rings is 1. The third-order valence-corrected chi connectivity index (χ3v) is 3.20. The van der Waals surface area contributed by atoms with Crippen LogP contribution in [0.4, 0.5) is 0 Å². The predicted molar refractivity (Wildman–Crippen MR) is 73.0 cm³/mol. The van der Waals surface area contributed by atoms with Gasteiger partial charge < -0.3 is 4.74 Å². The Labute approximate surface area is 117 Å². The number of aromatic nitrogens is 4. The van der Waals surface area contributed by atoms with E-state index < -0.39 is 0 Å². The van der Waals surface area contributed by atoms with Crippen molar-refractivity contribution >= 4 is 5.97 Å². The molecule has 106 valence electrons. The fourth-order valence-electron chi connectivity index (χ4n) is 1.94. The minimum Gasteiger partial charge on any atom is -0.457 e. The number of carbonyl (C=O) groups excluding carboxylic acids is 1. The summed E-state index contributed by atoms with van der Waals surface area (Å²) in [7, 11) is 0. The van der Waals surface area contributed by atoms with Gasteiger partial charge in [0.1, 0.15) is 0 Å². The van der Waals surface area contributed by atoms with E-state index >= 15 is 0 Å². The number of ether oxygens (including phenoxy) is 1. The quantitative estimate of drug-likeness (QED) is 0.755. The lowest BCUT2D eigenvalue weighted by Gasteiger charge is -2.11. The topological polar surface area (TPSA) is 69.9 Å². The fraction of sp³-hybridized carbons (Fsp3) is 0.429. The van der Waals surface area contributed by atoms with Crippen LogP contribution < -0.4 is 0 Å². The maximum atomic E-state index is 11.8. The highest BCUT2D eigenvalue weighted by molar-refractivity contribution is 5.72. The van der Waals surface area contributed by atoms with Crippen molar-refractivity contribution in [3.63, 3.8) is 0 Å². The van der Waals surface area contributed by atoms with Gasteiger partial charge in [-0.25, -0.2) is 0 Å². The van der Waals surface area contributed by atoms with Gasteiger partial charge in [-0.15, -0.1) is 5.10 Å². The summed E-state index contributed by atoms with van der Waals surface area (Å²) in [6.07, 6.45) is 1.55. The van der Waals surface area contributed by atoms with Gasteiger partial charge in [0.15, 0.2) is 12.4 Å². The van der Waals surface area contributed by atoms with Crippen LogP contribution in [0.3, 0.4) is 0 Å². The molecule has 2 rings (SSSR count). The number of tetrazole rings is 1. The molecule has 2 aromatic rings. The first-order valence-corrected chi connectivity index (χ1v) is 6.75. The SMILES string of the molecule is CCC(CC)C(=O)OCc1nnnn1-c1ccccc1. The molecule has 0 aliphatic carbocycles. The molecule has 1 aromatic heterocycles. The van der Waals surface area contributed by atoms with Gasteiger partial charge >= 0.3 is 5.97 Å². The number of hydrogen-bond acceptors (Lipinski definition) is 5. The molecule has 0 N–H and O–H groups in total. The van der Waals surface area contributed by atoms with Gasteiger partial charge in [0, 0.05) is 0 Å². The first-order valence-electron chi connectivity index (χ1n) is 6.75. The van der Waals surface area contributed by atoms with Gasteiger partial charge in [-0.05, 0) is 35.4 Å². The number of para-hydroxylation sites is 1. The standard InChI is InChI=1S/C14H18N4O2/c1-3-11(4-2)14(19)20-10-13-15-16-17-18(13)12-8-6-5-7-9-12/h5-9,11H,3-4,10H2,1-2H3. The molecular weight excluding hydrogens is 256 g/mol. The molecule has 6 heteroatoms. The van der Waals surface area contributed by atoms with Gasteiger partial charge in [-0.1, -0.05) is 32.0 Å². The number of nitrogens with zero attached hydrogens (tertiary/aromatic N) is 4. The maximum Gasteiger partial charge on any atom is 0.309 e. The lowest BCUT2D eigenvalue weighted by molar-refractivity contribution is -0.150. The fourth-order valence-corrected chi connectivity index (χ4v) is 1.94. The number of esters is 1. The van der Waals surface area contributed by atoms with Crippen LogP contribution >= 0.6 is 0 Å². The molecule has 0 amide bonds. The molecule has 0 spiro atoms. The third-order valence-electron chi connectivity index (χ3n) is 3.20. The highest BCUT2D eigenvalue weighted by Crippen LogP contribution is 2.12. The highest BCUT2D eigenvalue weighted by Gasteiger charge is 2.17. The Hall–Kier alpha value is -2.24. The molecule has 0 unspecified atom stereocenters. The van der Waals surface area contributed by atoms with Crippen molar-refractivity contribution < 1.29 is 9.53 Å². The van der Waals surface area contributed by atoms with Crippen molar-refractivity contribution in [2.24, 2.45) is 5.92 Å². The minimum absolute atomic E-state index is 0.0592. The Morgan fingerprint density at radius 2 is 1.95 bits per heavy atom. The normalized spacial score (nSPS) is 10.8. The van der Waals surface area contributed by atoms with Crippen molar-refractivity contribution in [2.45, 2.75) is 33.3 Å². The van der Waals surface area contributed by atoms with Gasteiger partial charge in [0.05, 0.1) is 11.6 Å². The average Bonchev–Trinajstić information content (AvgIpc) is 2.95. The van der Waals surface area contributed by atoms with E-state index in [4.69, 9.17) is 4.74 Å². The van der Waals surface area contributed by atoms with E-state index in [1.807, 2.05) is 44.2 Å². The average molecular weight is 274 g/mol. The van der Waals surface area contributed by atoms with Crippen LogP contribution in [0.25, 0.3) is 5.69 Å². The molecule has 0 saturated heterocycles. The summed E-state index contributed by atoms with van der Waals surface area (Å²) in [6.45, 7) is 4.03. The molecule has 0 atom stereocenters. The van der Waals surface area contributed by atoms with Crippen LogP contribution in [-0.4, -0.2) is 26.2 Å². The van der Waals surface area contributed by atoms with E-state index in [2.05, 4.69) is 15.5 Å². The summed E-state index contributed by atoms with van der Waals surface area (Å²) in [4.78, 5) is 11.8. The predicted octanol–water partition coefficient (Wildman–Crippen LogP) is 2.14. The van der Waals surface area contributed by atoms with Crippen molar-refractivity contribution in [1.29, 1.82) is 0 Å². The minimum atomic E-state index is -0.197. The molecular formula is C14H18N4O2. The molecule has 20 heavy (non-hydrogen) atoms. The summed E-state index contributed by atoms with van der Waals surface area (Å²) in [6, 6.07) is 9.50. The van der Waals surface area contributed by atoms with Crippen molar-refractivity contribution in [2.75, 3.05) is 0 Å². The Bertz CT molecular complexity index is 549. The van der Waals surface area contributed by atoms with E-state index in [1.54, 1.807) is 4.68 Å².